The van der Waals surface area contributed by atoms with E-state index >= 15 is 0 Å². The lowest BCUT2D eigenvalue weighted by Crippen LogP contribution is -2.36. The lowest BCUT2D eigenvalue weighted by Gasteiger charge is -2.34. The molecule has 2 aliphatic rings. The topological polar surface area (TPSA) is 29.1 Å². The van der Waals surface area contributed by atoms with E-state index in [2.05, 4.69) is 24.0 Å². The molecule has 2 nitrogen and oxygen atoms in total. The van der Waals surface area contributed by atoms with Crippen molar-refractivity contribution in [2.75, 3.05) is 13.1 Å². The largest absolute Gasteiger partial charge is 0.315 e. The molecule has 1 aromatic carbocycles. The second kappa shape index (κ2) is 3.67. The standard InChI is InChI=1S/C15H15NO/c1-2-11-9-16-10-15(11)8-7-14(17)12-5-3-4-6-13(12)15/h2-8,11,16H,1,9-10H2/t11-,15+/m0/s1. The summed E-state index contributed by atoms with van der Waals surface area (Å²) < 4.78 is 0. The molecule has 1 aromatic rings. The average Bonchev–Trinajstić information content (AvgIpc) is 2.78. The van der Waals surface area contributed by atoms with Gasteiger partial charge in [0.25, 0.3) is 0 Å². The van der Waals surface area contributed by atoms with Crippen LogP contribution in [0, 0.1) is 5.92 Å². The Hall–Kier alpha value is -1.67. The highest BCUT2D eigenvalue weighted by Gasteiger charge is 2.44. The van der Waals surface area contributed by atoms with E-state index in [4.69, 9.17) is 0 Å². The zero-order chi connectivity index (χ0) is 11.9. The van der Waals surface area contributed by atoms with Crippen LogP contribution in [0.15, 0.2) is 49.1 Å². The van der Waals surface area contributed by atoms with Gasteiger partial charge in [0.1, 0.15) is 0 Å². The fourth-order valence-electron chi connectivity index (χ4n) is 3.03. The number of allylic oxidation sites excluding steroid dienone is 1. The van der Waals surface area contributed by atoms with Gasteiger partial charge in [-0.2, -0.15) is 0 Å². The number of hydrogen-bond acceptors (Lipinski definition) is 2. The molecule has 2 heteroatoms. The van der Waals surface area contributed by atoms with Gasteiger partial charge in [0, 0.05) is 30.0 Å². The number of benzene rings is 1. The number of ketones is 1. The van der Waals surface area contributed by atoms with E-state index in [0.29, 0.717) is 5.92 Å². The van der Waals surface area contributed by atoms with E-state index in [-0.39, 0.29) is 11.2 Å². The number of nitrogens with one attached hydrogen (secondary N) is 1. The third kappa shape index (κ3) is 1.34. The van der Waals surface area contributed by atoms with Crippen molar-refractivity contribution in [3.8, 4) is 0 Å². The smallest absolute Gasteiger partial charge is 0.185 e. The Labute approximate surface area is 101 Å². The zero-order valence-corrected chi connectivity index (χ0v) is 9.65. The quantitative estimate of drug-likeness (QED) is 0.741. The summed E-state index contributed by atoms with van der Waals surface area (Å²) in [4.78, 5) is 11.9. The number of fused-ring (bicyclic) bond motifs is 2. The summed E-state index contributed by atoms with van der Waals surface area (Å²) in [6.07, 6.45) is 5.77. The fourth-order valence-corrected chi connectivity index (χ4v) is 3.03. The maximum Gasteiger partial charge on any atom is 0.185 e. The van der Waals surface area contributed by atoms with E-state index in [1.165, 1.54) is 0 Å². The molecule has 0 unspecified atom stereocenters. The van der Waals surface area contributed by atoms with E-state index in [9.17, 15) is 4.79 Å². The van der Waals surface area contributed by atoms with Gasteiger partial charge in [-0.15, -0.1) is 6.58 Å². The Morgan fingerprint density at radius 2 is 2.24 bits per heavy atom. The van der Waals surface area contributed by atoms with Crippen LogP contribution in [0.1, 0.15) is 15.9 Å². The molecule has 17 heavy (non-hydrogen) atoms. The first-order valence-electron chi connectivity index (χ1n) is 5.94. The van der Waals surface area contributed by atoms with Gasteiger partial charge in [0.2, 0.25) is 0 Å². The molecule has 0 bridgehead atoms. The van der Waals surface area contributed by atoms with Crippen LogP contribution in [0.25, 0.3) is 0 Å². The predicted octanol–water partition coefficient (Wildman–Crippen LogP) is 2.08. The van der Waals surface area contributed by atoms with Crippen LogP contribution < -0.4 is 5.32 Å². The molecule has 3 rings (SSSR count). The summed E-state index contributed by atoms with van der Waals surface area (Å²) >= 11 is 0. The number of rotatable bonds is 1. The molecule has 1 N–H and O–H groups in total. The molecule has 0 aromatic heterocycles. The normalized spacial score (nSPS) is 30.6. The first-order valence-corrected chi connectivity index (χ1v) is 5.94. The van der Waals surface area contributed by atoms with Crippen LogP contribution >= 0.6 is 0 Å². The van der Waals surface area contributed by atoms with Gasteiger partial charge in [-0.25, -0.2) is 0 Å². The van der Waals surface area contributed by atoms with Gasteiger partial charge in [-0.05, 0) is 11.6 Å². The third-order valence-electron chi connectivity index (χ3n) is 3.95. The van der Waals surface area contributed by atoms with Crippen LogP contribution in [0.3, 0.4) is 0 Å². The molecule has 0 saturated carbocycles. The molecule has 1 saturated heterocycles. The Bertz CT molecular complexity index is 517. The number of carbonyl (C=O) groups is 1. The van der Waals surface area contributed by atoms with Crippen molar-refractivity contribution < 1.29 is 4.79 Å². The van der Waals surface area contributed by atoms with Crippen molar-refractivity contribution in [1.29, 1.82) is 0 Å². The molecule has 0 radical (unpaired) electrons. The Balaban J connectivity index is 2.22. The molecule has 0 amide bonds. The molecular weight excluding hydrogens is 210 g/mol. The highest BCUT2D eigenvalue weighted by Crippen LogP contribution is 2.41. The summed E-state index contributed by atoms with van der Waals surface area (Å²) in [7, 11) is 0. The second-order valence-electron chi connectivity index (χ2n) is 4.76. The second-order valence-corrected chi connectivity index (χ2v) is 4.76. The van der Waals surface area contributed by atoms with Gasteiger partial charge in [0.15, 0.2) is 5.78 Å². The molecule has 86 valence electrons. The van der Waals surface area contributed by atoms with Gasteiger partial charge in [0.05, 0.1) is 0 Å². The van der Waals surface area contributed by atoms with Crippen LogP contribution in [-0.2, 0) is 5.41 Å². The highest BCUT2D eigenvalue weighted by molar-refractivity contribution is 6.07. The van der Waals surface area contributed by atoms with Crippen molar-refractivity contribution >= 4 is 5.78 Å². The maximum atomic E-state index is 11.9. The third-order valence-corrected chi connectivity index (χ3v) is 3.95. The summed E-state index contributed by atoms with van der Waals surface area (Å²) in [5.74, 6) is 0.467. The Kier molecular flexibility index (Phi) is 2.26. The highest BCUT2D eigenvalue weighted by atomic mass is 16.1. The molecule has 1 aliphatic heterocycles. The van der Waals surface area contributed by atoms with E-state index < -0.39 is 0 Å². The van der Waals surface area contributed by atoms with Crippen molar-refractivity contribution in [2.24, 2.45) is 5.92 Å². The van der Waals surface area contributed by atoms with Crippen LogP contribution in [-0.4, -0.2) is 18.9 Å². The van der Waals surface area contributed by atoms with Gasteiger partial charge < -0.3 is 5.32 Å². The fraction of sp³-hybridized carbons (Fsp3) is 0.267. The minimum Gasteiger partial charge on any atom is -0.315 e. The minimum absolute atomic E-state index is 0.0771. The summed E-state index contributed by atoms with van der Waals surface area (Å²) in [5, 5.41) is 3.41. The molecule has 2 atom stereocenters. The van der Waals surface area contributed by atoms with Gasteiger partial charge in [-0.1, -0.05) is 36.4 Å². The molecule has 1 fully saturated rings. The van der Waals surface area contributed by atoms with Crippen molar-refractivity contribution in [3.63, 3.8) is 0 Å². The summed E-state index contributed by atoms with van der Waals surface area (Å²) in [6, 6.07) is 7.92. The van der Waals surface area contributed by atoms with Gasteiger partial charge >= 0.3 is 0 Å². The summed E-state index contributed by atoms with van der Waals surface area (Å²) in [5.41, 5.74) is 1.90. The van der Waals surface area contributed by atoms with E-state index in [1.54, 1.807) is 6.08 Å². The van der Waals surface area contributed by atoms with E-state index in [0.717, 1.165) is 24.2 Å². The summed E-state index contributed by atoms with van der Waals surface area (Å²) in [6.45, 7) is 5.73. The van der Waals surface area contributed by atoms with Crippen molar-refractivity contribution in [2.45, 2.75) is 5.41 Å². The SMILES string of the molecule is C=C[C@H]1CNC[C@]12C=CC(=O)c1ccccc12. The molecular formula is C15H15NO. The van der Waals surface area contributed by atoms with Gasteiger partial charge in [-0.3, -0.25) is 4.79 Å². The molecule has 1 aliphatic carbocycles. The van der Waals surface area contributed by atoms with E-state index in [1.807, 2.05) is 24.3 Å². The Morgan fingerprint density at radius 3 is 3.06 bits per heavy atom. The number of carbonyl (C=O) groups excluding carboxylic acids is 1. The predicted molar refractivity (Wildman–Crippen MR) is 68.1 cm³/mol. The lowest BCUT2D eigenvalue weighted by molar-refractivity contribution is 0.104. The molecule has 1 heterocycles. The number of hydrogen-bond donors (Lipinski definition) is 1. The first-order chi connectivity index (χ1) is 8.28. The maximum absolute atomic E-state index is 11.9. The Morgan fingerprint density at radius 1 is 1.41 bits per heavy atom. The zero-order valence-electron chi connectivity index (χ0n) is 9.65. The lowest BCUT2D eigenvalue weighted by atomic mass is 9.68. The minimum atomic E-state index is -0.0771. The van der Waals surface area contributed by atoms with Crippen molar-refractivity contribution in [3.05, 3.63) is 60.2 Å². The molecule has 1 spiro atoms. The van der Waals surface area contributed by atoms with Crippen LogP contribution in [0.5, 0.6) is 0 Å². The van der Waals surface area contributed by atoms with Crippen LogP contribution in [0.2, 0.25) is 0 Å². The average molecular weight is 225 g/mol. The first kappa shape index (κ1) is 10.5. The monoisotopic (exact) mass is 225 g/mol. The van der Waals surface area contributed by atoms with Crippen LogP contribution in [0.4, 0.5) is 0 Å². The van der Waals surface area contributed by atoms with Crippen molar-refractivity contribution in [1.82, 2.24) is 5.32 Å².